The highest BCUT2D eigenvalue weighted by Crippen LogP contribution is 2.19. The molecule has 0 spiro atoms. The first-order chi connectivity index (χ1) is 8.19. The van der Waals surface area contributed by atoms with Crippen molar-refractivity contribution in [3.63, 3.8) is 0 Å². The first kappa shape index (κ1) is 11.9. The number of alkyl halides is 1. The van der Waals surface area contributed by atoms with Gasteiger partial charge in [-0.2, -0.15) is 0 Å². The van der Waals surface area contributed by atoms with Crippen molar-refractivity contribution in [1.82, 2.24) is 4.98 Å². The van der Waals surface area contributed by atoms with Crippen LogP contribution in [-0.2, 0) is 4.79 Å². The molecule has 2 aromatic rings. The largest absolute Gasteiger partial charge is 0.441 e. The van der Waals surface area contributed by atoms with Crippen LogP contribution in [0.15, 0.2) is 22.6 Å². The second-order valence-electron chi connectivity index (χ2n) is 3.76. The number of carbonyl (C=O) groups is 1. The summed E-state index contributed by atoms with van der Waals surface area (Å²) < 4.78 is 5.35. The van der Waals surface area contributed by atoms with Crippen molar-refractivity contribution in [1.29, 1.82) is 0 Å². The molecule has 0 aliphatic carbocycles. The number of benzene rings is 1. The van der Waals surface area contributed by atoms with Crippen LogP contribution in [0.3, 0.4) is 0 Å². The Labute approximate surface area is 104 Å². The number of carbonyl (C=O) groups excluding carboxylic acids is 1. The topological polar surface area (TPSA) is 55.1 Å². The lowest BCUT2D eigenvalue weighted by Crippen LogP contribution is -2.11. The first-order valence-electron chi connectivity index (χ1n) is 5.42. The van der Waals surface area contributed by atoms with Crippen LogP contribution in [0, 0.1) is 6.92 Å². The molecule has 2 rings (SSSR count). The zero-order valence-electron chi connectivity index (χ0n) is 9.50. The van der Waals surface area contributed by atoms with Gasteiger partial charge in [0.25, 0.3) is 0 Å². The molecule has 0 aliphatic heterocycles. The fourth-order valence-corrected chi connectivity index (χ4v) is 1.70. The van der Waals surface area contributed by atoms with E-state index < -0.39 is 0 Å². The number of fused-ring (bicyclic) bond motifs is 1. The zero-order valence-corrected chi connectivity index (χ0v) is 10.3. The van der Waals surface area contributed by atoms with Crippen molar-refractivity contribution in [3.05, 3.63) is 24.1 Å². The number of aromatic nitrogens is 1. The van der Waals surface area contributed by atoms with Gasteiger partial charge < -0.3 is 9.73 Å². The molecule has 1 N–H and O–H groups in total. The van der Waals surface area contributed by atoms with Gasteiger partial charge in [-0.3, -0.25) is 4.79 Å². The molecule has 0 radical (unpaired) electrons. The van der Waals surface area contributed by atoms with Gasteiger partial charge in [0.05, 0.1) is 0 Å². The Balaban J connectivity index is 2.10. The molecule has 1 heterocycles. The number of oxazole rings is 1. The van der Waals surface area contributed by atoms with Crippen molar-refractivity contribution in [2.45, 2.75) is 19.8 Å². The van der Waals surface area contributed by atoms with E-state index in [1.54, 1.807) is 25.1 Å². The summed E-state index contributed by atoms with van der Waals surface area (Å²) in [4.78, 5) is 15.7. The minimum absolute atomic E-state index is 0.0368. The fraction of sp³-hybridized carbons (Fsp3) is 0.333. The number of nitrogens with zero attached hydrogens (tertiary/aromatic N) is 1. The number of amides is 1. The van der Waals surface area contributed by atoms with E-state index in [4.69, 9.17) is 16.0 Å². The van der Waals surface area contributed by atoms with E-state index in [9.17, 15) is 4.79 Å². The minimum Gasteiger partial charge on any atom is -0.441 e. The number of hydrogen-bond donors (Lipinski definition) is 1. The third kappa shape index (κ3) is 2.97. The van der Waals surface area contributed by atoms with Crippen molar-refractivity contribution in [2.75, 3.05) is 11.2 Å². The Morgan fingerprint density at radius 1 is 1.53 bits per heavy atom. The zero-order chi connectivity index (χ0) is 12.3. The molecule has 17 heavy (non-hydrogen) atoms. The highest BCUT2D eigenvalue weighted by atomic mass is 35.5. The summed E-state index contributed by atoms with van der Waals surface area (Å²) in [7, 11) is 0. The second-order valence-corrected chi connectivity index (χ2v) is 4.13. The van der Waals surface area contributed by atoms with Crippen molar-refractivity contribution in [2.24, 2.45) is 0 Å². The maximum Gasteiger partial charge on any atom is 0.224 e. The van der Waals surface area contributed by atoms with Crippen LogP contribution < -0.4 is 5.32 Å². The smallest absolute Gasteiger partial charge is 0.224 e. The van der Waals surface area contributed by atoms with Gasteiger partial charge in [-0.05, 0) is 24.6 Å². The van der Waals surface area contributed by atoms with Crippen LogP contribution in [0.2, 0.25) is 0 Å². The van der Waals surface area contributed by atoms with Crippen molar-refractivity contribution in [3.8, 4) is 0 Å². The molecule has 1 aromatic carbocycles. The molecule has 0 bridgehead atoms. The Kier molecular flexibility index (Phi) is 3.64. The number of hydrogen-bond acceptors (Lipinski definition) is 3. The second kappa shape index (κ2) is 5.19. The van der Waals surface area contributed by atoms with Gasteiger partial charge in [-0.25, -0.2) is 4.98 Å². The normalized spacial score (nSPS) is 10.7. The Hall–Kier alpha value is -1.55. The van der Waals surface area contributed by atoms with E-state index in [0.29, 0.717) is 24.6 Å². The van der Waals surface area contributed by atoms with Gasteiger partial charge >= 0.3 is 0 Å². The third-order valence-electron chi connectivity index (χ3n) is 2.32. The van der Waals surface area contributed by atoms with Gasteiger partial charge in [-0.15, -0.1) is 11.6 Å². The summed E-state index contributed by atoms with van der Waals surface area (Å²) in [5.74, 6) is 1.07. The highest BCUT2D eigenvalue weighted by molar-refractivity contribution is 6.18. The third-order valence-corrected chi connectivity index (χ3v) is 2.58. The predicted octanol–water partition coefficient (Wildman–Crippen LogP) is 3.09. The predicted molar refractivity (Wildman–Crippen MR) is 67.3 cm³/mol. The molecule has 0 fully saturated rings. The van der Waals surface area contributed by atoms with Crippen LogP contribution in [0.1, 0.15) is 18.7 Å². The quantitative estimate of drug-likeness (QED) is 0.851. The van der Waals surface area contributed by atoms with Crippen LogP contribution in [0.25, 0.3) is 11.1 Å². The molecule has 0 atom stereocenters. The van der Waals surface area contributed by atoms with Crippen LogP contribution in [0.4, 0.5) is 5.69 Å². The number of anilines is 1. The summed E-state index contributed by atoms with van der Waals surface area (Å²) in [6.45, 7) is 1.79. The van der Waals surface area contributed by atoms with Gasteiger partial charge in [0.1, 0.15) is 5.52 Å². The first-order valence-corrected chi connectivity index (χ1v) is 5.95. The molecule has 0 saturated carbocycles. The Bertz CT molecular complexity index is 536. The van der Waals surface area contributed by atoms with E-state index in [-0.39, 0.29) is 5.91 Å². The lowest BCUT2D eigenvalue weighted by molar-refractivity contribution is -0.116. The van der Waals surface area contributed by atoms with E-state index in [0.717, 1.165) is 16.8 Å². The molecule has 1 aromatic heterocycles. The lowest BCUT2D eigenvalue weighted by Gasteiger charge is -2.03. The van der Waals surface area contributed by atoms with Gasteiger partial charge in [0.15, 0.2) is 11.5 Å². The maximum absolute atomic E-state index is 11.5. The highest BCUT2D eigenvalue weighted by Gasteiger charge is 2.05. The molecule has 0 saturated heterocycles. The molecule has 0 unspecified atom stereocenters. The van der Waals surface area contributed by atoms with E-state index in [1.807, 2.05) is 0 Å². The molecular formula is C12H13ClN2O2. The van der Waals surface area contributed by atoms with Gasteiger partial charge in [0, 0.05) is 24.9 Å². The Morgan fingerprint density at radius 2 is 2.35 bits per heavy atom. The minimum atomic E-state index is -0.0368. The standard InChI is InChI=1S/C12H13ClN2O2/c1-8-14-10-7-9(4-5-11(10)17-8)15-12(16)3-2-6-13/h4-5,7H,2-3,6H2,1H3,(H,15,16). The summed E-state index contributed by atoms with van der Waals surface area (Å²) in [6, 6.07) is 5.39. The molecule has 0 aliphatic rings. The number of halogens is 1. The SMILES string of the molecule is Cc1nc2cc(NC(=O)CCCCl)ccc2o1. The Morgan fingerprint density at radius 3 is 3.12 bits per heavy atom. The average molecular weight is 253 g/mol. The molecule has 5 heteroatoms. The molecule has 4 nitrogen and oxygen atoms in total. The van der Waals surface area contributed by atoms with Crippen LogP contribution >= 0.6 is 11.6 Å². The van der Waals surface area contributed by atoms with Gasteiger partial charge in [0.2, 0.25) is 5.91 Å². The summed E-state index contributed by atoms with van der Waals surface area (Å²) in [5.41, 5.74) is 2.20. The van der Waals surface area contributed by atoms with E-state index in [1.165, 1.54) is 0 Å². The van der Waals surface area contributed by atoms with Crippen molar-refractivity contribution < 1.29 is 9.21 Å². The summed E-state index contributed by atoms with van der Waals surface area (Å²) >= 11 is 5.53. The average Bonchev–Trinajstić information content (AvgIpc) is 2.65. The summed E-state index contributed by atoms with van der Waals surface area (Å²) in [6.07, 6.45) is 1.11. The number of aryl methyl sites for hydroxylation is 1. The molecular weight excluding hydrogens is 240 g/mol. The lowest BCUT2D eigenvalue weighted by atomic mass is 10.2. The van der Waals surface area contributed by atoms with E-state index in [2.05, 4.69) is 10.3 Å². The molecule has 90 valence electrons. The number of rotatable bonds is 4. The van der Waals surface area contributed by atoms with Crippen molar-refractivity contribution >= 4 is 34.3 Å². The number of nitrogens with one attached hydrogen (secondary N) is 1. The molecule has 1 amide bonds. The van der Waals surface area contributed by atoms with Crippen LogP contribution in [-0.4, -0.2) is 16.8 Å². The summed E-state index contributed by atoms with van der Waals surface area (Å²) in [5, 5.41) is 2.80. The van der Waals surface area contributed by atoms with E-state index >= 15 is 0 Å². The monoisotopic (exact) mass is 252 g/mol. The maximum atomic E-state index is 11.5. The van der Waals surface area contributed by atoms with Gasteiger partial charge in [-0.1, -0.05) is 0 Å². The fourth-order valence-electron chi connectivity index (χ4n) is 1.57. The van der Waals surface area contributed by atoms with Crippen LogP contribution in [0.5, 0.6) is 0 Å².